The number of piperazine rings is 1. The minimum Gasteiger partial charge on any atom is -0.311 e. The molecule has 0 spiro atoms. The molecule has 2 aliphatic rings. The topological polar surface area (TPSA) is 15.3 Å². The summed E-state index contributed by atoms with van der Waals surface area (Å²) >= 11 is 0. The smallest absolute Gasteiger partial charge is 0.0192 e. The van der Waals surface area contributed by atoms with Gasteiger partial charge < -0.3 is 10.2 Å². The van der Waals surface area contributed by atoms with E-state index in [-0.39, 0.29) is 0 Å². The third-order valence-corrected chi connectivity index (χ3v) is 4.03. The maximum Gasteiger partial charge on any atom is 0.0192 e. The van der Waals surface area contributed by atoms with Gasteiger partial charge in [0.2, 0.25) is 0 Å². The molecule has 14 heavy (non-hydrogen) atoms. The minimum absolute atomic E-state index is 0.645. The molecular weight excluding hydrogens is 172 g/mol. The van der Waals surface area contributed by atoms with E-state index < -0.39 is 0 Å². The molecule has 1 saturated carbocycles. The number of rotatable bonds is 3. The third kappa shape index (κ3) is 2.29. The molecule has 1 N–H and O–H groups in total. The molecule has 2 nitrogen and oxygen atoms in total. The van der Waals surface area contributed by atoms with Gasteiger partial charge in [-0.1, -0.05) is 20.8 Å². The Bertz CT molecular complexity index is 200. The lowest BCUT2D eigenvalue weighted by molar-refractivity contribution is 0.183. The average molecular weight is 196 g/mol. The normalized spacial score (nSPS) is 37.1. The van der Waals surface area contributed by atoms with Crippen molar-refractivity contribution in [2.45, 2.75) is 39.7 Å². The Hall–Kier alpha value is -0.0800. The van der Waals surface area contributed by atoms with Gasteiger partial charge in [0.1, 0.15) is 0 Å². The maximum atomic E-state index is 3.57. The van der Waals surface area contributed by atoms with Crippen LogP contribution in [0, 0.1) is 11.3 Å². The predicted molar refractivity (Wildman–Crippen MR) is 60.4 cm³/mol. The molecule has 2 fully saturated rings. The van der Waals surface area contributed by atoms with Crippen molar-refractivity contribution < 1.29 is 0 Å². The second kappa shape index (κ2) is 3.82. The molecule has 0 aromatic heterocycles. The molecule has 1 heterocycles. The monoisotopic (exact) mass is 196 g/mol. The van der Waals surface area contributed by atoms with Crippen LogP contribution in [0.3, 0.4) is 0 Å². The van der Waals surface area contributed by atoms with Gasteiger partial charge in [-0.15, -0.1) is 0 Å². The van der Waals surface area contributed by atoms with Crippen molar-refractivity contribution in [1.82, 2.24) is 10.2 Å². The van der Waals surface area contributed by atoms with E-state index in [1.165, 1.54) is 39.0 Å². The van der Waals surface area contributed by atoms with E-state index in [0.29, 0.717) is 5.41 Å². The number of hydrogen-bond acceptors (Lipinski definition) is 2. The van der Waals surface area contributed by atoms with E-state index in [1.54, 1.807) is 0 Å². The summed E-state index contributed by atoms with van der Waals surface area (Å²) in [4.78, 5) is 2.66. The Labute approximate surface area is 88.1 Å². The van der Waals surface area contributed by atoms with Crippen molar-refractivity contribution in [3.05, 3.63) is 0 Å². The first-order chi connectivity index (χ1) is 6.62. The number of nitrogens with one attached hydrogen (secondary N) is 1. The zero-order valence-electron chi connectivity index (χ0n) is 9.84. The molecule has 1 aliphatic carbocycles. The molecule has 82 valence electrons. The molecule has 0 aromatic rings. The Kier molecular flexibility index (Phi) is 2.85. The zero-order chi connectivity index (χ0) is 10.2. The van der Waals surface area contributed by atoms with Crippen LogP contribution in [0.1, 0.15) is 33.6 Å². The molecule has 1 saturated heterocycles. The molecule has 0 bridgehead atoms. The molecular formula is C12H24N2. The lowest BCUT2D eigenvalue weighted by Gasteiger charge is -2.33. The molecule has 1 aliphatic heterocycles. The second-order valence-corrected chi connectivity index (χ2v) is 5.71. The first kappa shape index (κ1) is 10.4. The Balaban J connectivity index is 1.76. The van der Waals surface area contributed by atoms with Crippen LogP contribution in [-0.2, 0) is 0 Å². The fourth-order valence-corrected chi connectivity index (χ4v) is 2.53. The molecule has 2 heteroatoms. The van der Waals surface area contributed by atoms with Crippen LogP contribution in [0.5, 0.6) is 0 Å². The van der Waals surface area contributed by atoms with E-state index >= 15 is 0 Å². The van der Waals surface area contributed by atoms with Gasteiger partial charge in [0.25, 0.3) is 0 Å². The summed E-state index contributed by atoms with van der Waals surface area (Å²) < 4.78 is 0. The molecule has 0 aromatic carbocycles. The lowest BCUT2D eigenvalue weighted by Crippen LogP contribution is -2.50. The lowest BCUT2D eigenvalue weighted by atomic mass is 10.1. The fraction of sp³-hybridized carbons (Fsp3) is 1.00. The highest BCUT2D eigenvalue weighted by Crippen LogP contribution is 2.51. The molecule has 2 atom stereocenters. The molecule has 2 unspecified atom stereocenters. The van der Waals surface area contributed by atoms with Crippen molar-refractivity contribution in [3.63, 3.8) is 0 Å². The quantitative estimate of drug-likeness (QED) is 0.739. The Morgan fingerprint density at radius 3 is 2.71 bits per heavy atom. The van der Waals surface area contributed by atoms with Gasteiger partial charge in [-0.25, -0.2) is 0 Å². The summed E-state index contributed by atoms with van der Waals surface area (Å²) in [6, 6.07) is 0.741. The van der Waals surface area contributed by atoms with Gasteiger partial charge in [-0.05, 0) is 24.2 Å². The SMILES string of the molecule is CCC1CN(CC2CC2(C)C)CCN1. The summed E-state index contributed by atoms with van der Waals surface area (Å²) in [5.41, 5.74) is 0.645. The summed E-state index contributed by atoms with van der Waals surface area (Å²) in [6.45, 7) is 12.1. The van der Waals surface area contributed by atoms with Crippen molar-refractivity contribution in [2.24, 2.45) is 11.3 Å². The van der Waals surface area contributed by atoms with Crippen LogP contribution < -0.4 is 5.32 Å². The number of nitrogens with zero attached hydrogens (tertiary/aromatic N) is 1. The van der Waals surface area contributed by atoms with E-state index in [9.17, 15) is 0 Å². The van der Waals surface area contributed by atoms with Gasteiger partial charge >= 0.3 is 0 Å². The highest BCUT2D eigenvalue weighted by Gasteiger charge is 2.46. The molecule has 0 amide bonds. The Morgan fingerprint density at radius 1 is 1.43 bits per heavy atom. The van der Waals surface area contributed by atoms with E-state index in [4.69, 9.17) is 0 Å². The average Bonchev–Trinajstić information content (AvgIpc) is 2.74. The molecule has 2 rings (SSSR count). The summed E-state index contributed by atoms with van der Waals surface area (Å²) in [7, 11) is 0. The second-order valence-electron chi connectivity index (χ2n) is 5.71. The van der Waals surface area contributed by atoms with Gasteiger partial charge in [0.15, 0.2) is 0 Å². The van der Waals surface area contributed by atoms with Gasteiger partial charge in [0, 0.05) is 32.2 Å². The van der Waals surface area contributed by atoms with Crippen LogP contribution in [-0.4, -0.2) is 37.1 Å². The van der Waals surface area contributed by atoms with Crippen molar-refractivity contribution in [1.29, 1.82) is 0 Å². The summed E-state index contributed by atoms with van der Waals surface area (Å²) in [6.07, 6.45) is 2.71. The largest absolute Gasteiger partial charge is 0.311 e. The third-order valence-electron chi connectivity index (χ3n) is 4.03. The maximum absolute atomic E-state index is 3.57. The number of hydrogen-bond donors (Lipinski definition) is 1. The first-order valence-corrected chi connectivity index (χ1v) is 6.07. The van der Waals surface area contributed by atoms with Crippen molar-refractivity contribution in [3.8, 4) is 0 Å². The minimum atomic E-state index is 0.645. The van der Waals surface area contributed by atoms with Crippen LogP contribution in [0.2, 0.25) is 0 Å². The van der Waals surface area contributed by atoms with Crippen LogP contribution in [0.15, 0.2) is 0 Å². The molecule has 0 radical (unpaired) electrons. The van der Waals surface area contributed by atoms with Crippen LogP contribution in [0.25, 0.3) is 0 Å². The van der Waals surface area contributed by atoms with Gasteiger partial charge in [-0.3, -0.25) is 0 Å². The predicted octanol–water partition coefficient (Wildman–Crippen LogP) is 1.72. The highest BCUT2D eigenvalue weighted by molar-refractivity contribution is 4.97. The standard InChI is InChI=1S/C12H24N2/c1-4-11-9-14(6-5-13-11)8-10-7-12(10,2)3/h10-11,13H,4-9H2,1-3H3. The zero-order valence-corrected chi connectivity index (χ0v) is 9.84. The van der Waals surface area contributed by atoms with E-state index in [0.717, 1.165) is 12.0 Å². The first-order valence-electron chi connectivity index (χ1n) is 6.07. The Morgan fingerprint density at radius 2 is 2.14 bits per heavy atom. The van der Waals surface area contributed by atoms with E-state index in [1.807, 2.05) is 0 Å². The summed E-state index contributed by atoms with van der Waals surface area (Å²) in [5, 5.41) is 3.57. The van der Waals surface area contributed by atoms with E-state index in [2.05, 4.69) is 31.0 Å². The highest BCUT2D eigenvalue weighted by atomic mass is 15.2. The van der Waals surface area contributed by atoms with Crippen LogP contribution >= 0.6 is 0 Å². The van der Waals surface area contributed by atoms with Crippen molar-refractivity contribution in [2.75, 3.05) is 26.2 Å². The fourth-order valence-electron chi connectivity index (χ4n) is 2.53. The van der Waals surface area contributed by atoms with Crippen molar-refractivity contribution >= 4 is 0 Å². The van der Waals surface area contributed by atoms with Gasteiger partial charge in [0.05, 0.1) is 0 Å². The van der Waals surface area contributed by atoms with Crippen LogP contribution in [0.4, 0.5) is 0 Å². The van der Waals surface area contributed by atoms with Gasteiger partial charge in [-0.2, -0.15) is 0 Å². The summed E-state index contributed by atoms with van der Waals surface area (Å²) in [5.74, 6) is 0.970.